The molecule has 1 aliphatic rings. The van der Waals surface area contributed by atoms with E-state index in [1.54, 1.807) is 18.2 Å². The van der Waals surface area contributed by atoms with Crippen LogP contribution in [0.2, 0.25) is 0 Å². The number of hydrogen-bond acceptors (Lipinski definition) is 11. The quantitative estimate of drug-likeness (QED) is 0.182. The molecule has 1 fully saturated rings. The molecule has 15 heteroatoms. The minimum atomic E-state index is -4.44. The van der Waals surface area contributed by atoms with Gasteiger partial charge < -0.3 is 24.8 Å². The molecule has 1 aromatic carbocycles. The average Bonchev–Trinajstić information content (AvgIpc) is 3.52. The molecule has 1 aliphatic heterocycles. The molecule has 5 atom stereocenters. The van der Waals surface area contributed by atoms with Gasteiger partial charge in [-0.25, -0.2) is 18.5 Å². The van der Waals surface area contributed by atoms with Crippen molar-refractivity contribution in [3.63, 3.8) is 0 Å². The molecule has 1 saturated heterocycles. The van der Waals surface area contributed by atoms with Crippen LogP contribution in [0.3, 0.4) is 0 Å². The number of carbonyl (C=O) groups is 1. The van der Waals surface area contributed by atoms with Crippen LogP contribution in [0.4, 0.5) is 10.2 Å². The molecule has 2 aromatic heterocycles. The fourth-order valence-corrected chi connectivity index (χ4v) is 6.69. The van der Waals surface area contributed by atoms with Crippen molar-refractivity contribution in [2.75, 3.05) is 18.9 Å². The summed E-state index contributed by atoms with van der Waals surface area (Å²) < 4.78 is 54.7. The predicted octanol–water partition coefficient (Wildman–Crippen LogP) is 4.07. The molecule has 4 N–H and O–H groups in total. The number of nitrogens with two attached hydrogens (primary N) is 1. The first-order valence-corrected chi connectivity index (χ1v) is 15.8. The summed E-state index contributed by atoms with van der Waals surface area (Å²) in [5, 5.41) is 27.7. The summed E-state index contributed by atoms with van der Waals surface area (Å²) in [6.07, 6.45) is -0.763. The molecular weight excluding hydrogens is 594 g/mol. The Bertz CT molecular complexity index is 1560. The number of hydrogen-bond donors (Lipinski definition) is 3. The first kappa shape index (κ1) is 33.3. The number of para-hydroxylation sites is 1. The number of ether oxygens (including phenoxy) is 2. The van der Waals surface area contributed by atoms with Gasteiger partial charge in [0.25, 0.3) is 5.67 Å². The van der Waals surface area contributed by atoms with Gasteiger partial charge >= 0.3 is 13.7 Å². The lowest BCUT2D eigenvalue weighted by molar-refractivity contribution is -0.151. The Kier molecular flexibility index (Phi) is 9.68. The van der Waals surface area contributed by atoms with Crippen LogP contribution in [0.1, 0.15) is 53.2 Å². The van der Waals surface area contributed by atoms with E-state index in [0.717, 1.165) is 19.2 Å². The zero-order valence-corrected chi connectivity index (χ0v) is 26.2. The molecule has 13 nitrogen and oxygen atoms in total. The van der Waals surface area contributed by atoms with E-state index in [1.807, 2.05) is 13.8 Å². The largest absolute Gasteiger partial charge is 0.464 e. The molecule has 3 heterocycles. The van der Waals surface area contributed by atoms with Crippen molar-refractivity contribution in [2.24, 2.45) is 5.92 Å². The van der Waals surface area contributed by atoms with Crippen LogP contribution in [0.15, 0.2) is 48.8 Å². The molecule has 3 aromatic rings. The van der Waals surface area contributed by atoms with Gasteiger partial charge in [-0.05, 0) is 51.0 Å². The number of nitrogen functional groups attached to an aromatic ring is 1. The van der Waals surface area contributed by atoms with Gasteiger partial charge in [-0.3, -0.25) is 9.32 Å². The molecule has 0 aliphatic carbocycles. The number of esters is 1. The van der Waals surface area contributed by atoms with Crippen LogP contribution < -0.4 is 15.3 Å². The van der Waals surface area contributed by atoms with Crippen LogP contribution >= 0.6 is 7.75 Å². The Morgan fingerprint density at radius 2 is 1.98 bits per heavy atom. The maximum Gasteiger partial charge on any atom is 0.459 e. The summed E-state index contributed by atoms with van der Waals surface area (Å²) in [6.45, 7) is 7.67. The molecule has 0 spiro atoms. The van der Waals surface area contributed by atoms with Crippen LogP contribution in [-0.4, -0.2) is 62.3 Å². The van der Waals surface area contributed by atoms with Gasteiger partial charge in [0, 0.05) is 0 Å². The highest BCUT2D eigenvalue weighted by atomic mass is 31.2. The summed E-state index contributed by atoms with van der Waals surface area (Å²) in [6, 6.07) is 12.6. The van der Waals surface area contributed by atoms with Crippen molar-refractivity contribution in [1.29, 1.82) is 5.26 Å². The molecule has 0 radical (unpaired) electrons. The number of halogens is 1. The maximum absolute atomic E-state index is 16.4. The van der Waals surface area contributed by atoms with Gasteiger partial charge in [-0.15, -0.1) is 0 Å². The molecule has 44 heavy (non-hydrogen) atoms. The number of anilines is 1. The molecule has 238 valence electrons. The third kappa shape index (κ3) is 6.29. The normalized spacial score (nSPS) is 25.1. The molecule has 0 bridgehead atoms. The highest BCUT2D eigenvalue weighted by Gasteiger charge is 2.67. The van der Waals surface area contributed by atoms with Crippen molar-refractivity contribution >= 4 is 25.1 Å². The summed E-state index contributed by atoms with van der Waals surface area (Å²) in [4.78, 5) is 16.9. The average molecular weight is 633 g/mol. The monoisotopic (exact) mass is 632 g/mol. The standard InChI is InChI=1S/C29H38FN6O7P/c1-6-19(7-2)15-40-26(38)27(3,4)35-44(39,43-20-11-9-8-10-12-20)41-16-22-24(37)29(30,17-31)28(5,42-22)23-14-13-21-25(32)33-18-34-36(21)23/h8-14,18-19,22,24,37H,6-7,15-16H2,1-5H3,(H,35,39)(H2,32,33,34)/t22-,24-,28+,29-,44?/m1/s1. The van der Waals surface area contributed by atoms with Gasteiger partial charge in [-0.2, -0.15) is 15.4 Å². The lowest BCUT2D eigenvalue weighted by Crippen LogP contribution is -2.49. The number of fused-ring (bicyclic) bond motifs is 1. The number of nitrogens with zero attached hydrogens (tertiary/aromatic N) is 4. The van der Waals surface area contributed by atoms with Gasteiger partial charge in [0.1, 0.15) is 41.4 Å². The van der Waals surface area contributed by atoms with Gasteiger partial charge in [-0.1, -0.05) is 44.9 Å². The Labute approximate surface area is 255 Å². The zero-order chi connectivity index (χ0) is 32.3. The number of nitriles is 1. The highest BCUT2D eigenvalue weighted by Crippen LogP contribution is 2.52. The maximum atomic E-state index is 16.4. The van der Waals surface area contributed by atoms with Crippen molar-refractivity contribution in [2.45, 2.75) is 76.5 Å². The van der Waals surface area contributed by atoms with Crippen molar-refractivity contribution < 1.29 is 37.4 Å². The third-order valence-electron chi connectivity index (χ3n) is 7.88. The fourth-order valence-electron chi connectivity index (χ4n) is 5.01. The molecule has 0 amide bonds. The number of aliphatic hydroxyl groups excluding tert-OH is 1. The minimum Gasteiger partial charge on any atom is -0.464 e. The smallest absolute Gasteiger partial charge is 0.459 e. The highest BCUT2D eigenvalue weighted by molar-refractivity contribution is 7.52. The summed E-state index contributed by atoms with van der Waals surface area (Å²) in [5.41, 5.74) is -0.285. The zero-order valence-electron chi connectivity index (χ0n) is 25.3. The lowest BCUT2D eigenvalue weighted by Gasteiger charge is -2.31. The molecular formula is C29H38FN6O7P. The van der Waals surface area contributed by atoms with Crippen LogP contribution in [0.5, 0.6) is 5.75 Å². The van der Waals surface area contributed by atoms with Crippen LogP contribution in [0.25, 0.3) is 5.52 Å². The topological polar surface area (TPSA) is 183 Å². The number of benzene rings is 1. The number of nitrogens with one attached hydrogen (secondary N) is 1. The summed E-state index contributed by atoms with van der Waals surface area (Å²) >= 11 is 0. The van der Waals surface area contributed by atoms with Gasteiger partial charge in [0.2, 0.25) is 0 Å². The Morgan fingerprint density at radius 1 is 1.30 bits per heavy atom. The van der Waals surface area contributed by atoms with E-state index in [1.165, 1.54) is 55.6 Å². The van der Waals surface area contributed by atoms with E-state index in [4.69, 9.17) is 24.3 Å². The summed E-state index contributed by atoms with van der Waals surface area (Å²) in [5.74, 6) is -0.268. The van der Waals surface area contributed by atoms with Crippen LogP contribution in [0, 0.1) is 17.2 Å². The van der Waals surface area contributed by atoms with Gasteiger partial charge in [0.15, 0.2) is 11.4 Å². The lowest BCUT2D eigenvalue weighted by atomic mass is 9.82. The number of rotatable bonds is 13. The minimum absolute atomic E-state index is 0.0791. The molecule has 1 unspecified atom stereocenters. The van der Waals surface area contributed by atoms with E-state index in [-0.39, 0.29) is 29.8 Å². The predicted molar refractivity (Wildman–Crippen MR) is 158 cm³/mol. The molecule has 4 rings (SSSR count). The number of aromatic nitrogens is 3. The second kappa shape index (κ2) is 12.8. The van der Waals surface area contributed by atoms with Gasteiger partial charge in [0.05, 0.1) is 18.9 Å². The van der Waals surface area contributed by atoms with E-state index >= 15 is 4.39 Å². The SMILES string of the molecule is CCC(CC)COC(=O)C(C)(C)NP(=O)(OC[C@H]1O[C@@](C)(c2ccc3c(N)ncnn23)[C@@](F)(C#N)[C@@H]1O)Oc1ccccc1. The Morgan fingerprint density at radius 3 is 2.61 bits per heavy atom. The van der Waals surface area contributed by atoms with Crippen molar-refractivity contribution in [3.05, 3.63) is 54.5 Å². The van der Waals surface area contributed by atoms with Crippen molar-refractivity contribution in [3.8, 4) is 11.8 Å². The molecule has 0 saturated carbocycles. The van der Waals surface area contributed by atoms with E-state index in [0.29, 0.717) is 5.52 Å². The summed E-state index contributed by atoms with van der Waals surface area (Å²) in [7, 11) is -4.44. The Balaban J connectivity index is 1.60. The second-order valence-electron chi connectivity index (χ2n) is 11.3. The number of alkyl halides is 1. The third-order valence-corrected chi connectivity index (χ3v) is 9.66. The number of carbonyl (C=O) groups excluding carboxylic acids is 1. The van der Waals surface area contributed by atoms with Crippen LogP contribution in [-0.2, 0) is 29.0 Å². The Hall–Kier alpha value is -3.60. The van der Waals surface area contributed by atoms with Crippen molar-refractivity contribution in [1.82, 2.24) is 19.7 Å². The first-order chi connectivity index (χ1) is 20.7. The van der Waals surface area contributed by atoms with E-state index < -0.39 is 49.3 Å². The fraction of sp³-hybridized carbons (Fsp3) is 0.517. The number of aliphatic hydroxyl groups is 1. The van der Waals surface area contributed by atoms with E-state index in [2.05, 4.69) is 15.2 Å². The van der Waals surface area contributed by atoms with E-state index in [9.17, 15) is 19.7 Å². The second-order valence-corrected chi connectivity index (χ2v) is 13.0. The first-order valence-electron chi connectivity index (χ1n) is 14.2.